The van der Waals surface area contributed by atoms with Crippen molar-refractivity contribution in [1.29, 1.82) is 0 Å². The topological polar surface area (TPSA) is 439 Å². The third-order valence-corrected chi connectivity index (χ3v) is 21.8. The number of aromatic amines is 2. The van der Waals surface area contributed by atoms with Gasteiger partial charge in [0.05, 0.1) is 41.6 Å². The average molecular weight is 1490 g/mol. The third-order valence-electron chi connectivity index (χ3n) is 21.8. The number of carboxylic acid groups (broad SMARTS) is 2. The van der Waals surface area contributed by atoms with Gasteiger partial charge in [0.15, 0.2) is 0 Å². The number of hydrogen-bond donors (Lipinski definition) is 6. The minimum Gasteiger partial charge on any atom is -0.481 e. The van der Waals surface area contributed by atoms with Crippen LogP contribution < -0.4 is 32.0 Å². The van der Waals surface area contributed by atoms with E-state index in [-0.39, 0.29) is 173 Å². The molecule has 2 aromatic heterocycles. The Kier molecular flexibility index (Phi) is 24.1. The molecule has 0 spiro atoms. The number of nitro groups is 6. The predicted molar refractivity (Wildman–Crippen MR) is 393 cm³/mol. The molecule has 4 atom stereocenters. The fourth-order valence-corrected chi connectivity index (χ4v) is 17.3. The van der Waals surface area contributed by atoms with Gasteiger partial charge in [0.1, 0.15) is 78.6 Å². The molecule has 10 rings (SSSR count). The molecule has 0 fully saturated rings. The minimum atomic E-state index is -1.64. The molecule has 0 aromatic carbocycles. The van der Waals surface area contributed by atoms with Crippen LogP contribution in [0.2, 0.25) is 0 Å². The zero-order valence-electron chi connectivity index (χ0n) is 62.1. The van der Waals surface area contributed by atoms with Gasteiger partial charge in [0.2, 0.25) is 0 Å². The maximum absolute atomic E-state index is 13.4. The molecule has 559 valence electrons. The van der Waals surface area contributed by atoms with E-state index in [1.54, 1.807) is 81.4 Å². The van der Waals surface area contributed by atoms with E-state index in [1.165, 1.54) is 0 Å². The van der Waals surface area contributed by atoms with Gasteiger partial charge in [-0.1, -0.05) is 111 Å². The van der Waals surface area contributed by atoms with Crippen LogP contribution in [0.4, 0.5) is 0 Å². The largest absolute Gasteiger partial charge is 0.481 e. The molecular formula is C74H90MnN14O16. The monoisotopic (exact) mass is 1490 g/mol. The fraction of sp³-hybridized carbons (Fsp3) is 0.486. The van der Waals surface area contributed by atoms with Crippen LogP contribution in [0.25, 0.3) is 23.5 Å². The molecule has 105 heavy (non-hydrogen) atoms. The second-order valence-electron chi connectivity index (χ2n) is 25.9. The minimum absolute atomic E-state index is 0. The van der Waals surface area contributed by atoms with E-state index in [1.807, 2.05) is 41.5 Å². The second kappa shape index (κ2) is 31.5. The average Bonchev–Trinajstić information content (AvgIpc) is 1.57. The summed E-state index contributed by atoms with van der Waals surface area (Å²) in [5.74, 6) is -2.38. The van der Waals surface area contributed by atoms with Gasteiger partial charge in [-0.3, -0.25) is 70.3 Å². The summed E-state index contributed by atoms with van der Waals surface area (Å²) < 4.78 is 0. The van der Waals surface area contributed by atoms with E-state index in [4.69, 9.17) is 20.0 Å². The van der Waals surface area contributed by atoms with Crippen molar-refractivity contribution in [3.05, 3.63) is 217 Å². The first kappa shape index (κ1) is 80.3. The number of rotatable bonds is 24. The van der Waals surface area contributed by atoms with Gasteiger partial charge in [0, 0.05) is 27.8 Å². The Morgan fingerprint density at radius 1 is 0.362 bits per heavy atom. The van der Waals surface area contributed by atoms with Crippen molar-refractivity contribution < 1.29 is 66.4 Å². The van der Waals surface area contributed by atoms with Crippen molar-refractivity contribution in [3.63, 3.8) is 0 Å². The Hall–Kier alpha value is -10.4. The van der Waals surface area contributed by atoms with E-state index in [2.05, 4.69) is 20.6 Å². The standard InChI is InChI=1S/2C37H45N7O8.Mn/c2*1-9-18-19(10-2)27-33(42(47)48)28-20(11-3)21(12-4)29(40-28)34(43(49)50)30-22(13-5)23(14-6)31(41-30)35(44(51)52)32-24(15-7)37(16-8,36(45)46)26(39-32)17-25(18)38-27;/h2*17,26,38-39H,9-16H2,1-8H3,(H,45,46);/b2*25-17-,33-27+,34-29+,35-31+;. The van der Waals surface area contributed by atoms with Gasteiger partial charge in [-0.2, -0.15) is 0 Å². The molecule has 0 amide bonds. The third kappa shape index (κ3) is 12.4. The number of H-pyrrole nitrogens is 2. The number of nitrogens with zero attached hydrogens (tertiary/aromatic N) is 10. The SMILES string of the molecule is CCC1=C(CC)/C2=C(\[N+](=O)[O-])C3=N/C(=C(/[N+](=O)[O-])C4=C(CC)C(CC)(C(=O)O)C(/C=c5\[nH]/c(c(CC)c5CC)=C(/[N+](=O)[O-])C1=N2)N4)C(CC)=C3CC.CCC1=C(CC)/C2=C(\[N+](=O)[O-])C3=N/C(=C(/[N+](=O)[O-])C4=C(CC)C(CC)(C(=O)O)C(/C=c5\[nH]/c(c(CC)c5CC)=C(/[N+](=O)[O-])C1=N2)N4)C(CC)=C3CC.[Mn]. The van der Waals surface area contributed by atoms with Crippen LogP contribution in [0.3, 0.4) is 0 Å². The van der Waals surface area contributed by atoms with Crippen LogP contribution in [-0.2, 0) is 52.3 Å². The molecule has 31 heteroatoms. The molecule has 0 aliphatic carbocycles. The van der Waals surface area contributed by atoms with Crippen molar-refractivity contribution in [2.45, 2.75) is 226 Å². The molecule has 4 unspecified atom stereocenters. The van der Waals surface area contributed by atoms with Gasteiger partial charge < -0.3 is 30.8 Å². The Bertz CT molecular complexity index is 4670. The number of aliphatic imine (C=N–C) groups is 4. The number of allylic oxidation sites excluding steroid dienone is 6. The molecule has 2 aromatic rings. The molecule has 16 bridgehead atoms. The summed E-state index contributed by atoms with van der Waals surface area (Å²) in [6, 6.07) is -2.04. The van der Waals surface area contributed by atoms with E-state index in [9.17, 15) is 80.5 Å². The first-order valence-electron chi connectivity index (χ1n) is 36.0. The Morgan fingerprint density at radius 2 is 0.600 bits per heavy atom. The summed E-state index contributed by atoms with van der Waals surface area (Å²) in [4.78, 5) is 128. The summed E-state index contributed by atoms with van der Waals surface area (Å²) >= 11 is 0. The normalized spacial score (nSPS) is 25.8. The van der Waals surface area contributed by atoms with Crippen LogP contribution in [0.5, 0.6) is 0 Å². The van der Waals surface area contributed by atoms with E-state index in [0.29, 0.717) is 103 Å². The number of carbonyl (C=O) groups is 2. The van der Waals surface area contributed by atoms with Gasteiger partial charge >= 0.3 is 46.1 Å². The Labute approximate surface area is 615 Å². The second-order valence-corrected chi connectivity index (χ2v) is 25.9. The van der Waals surface area contributed by atoms with Gasteiger partial charge in [-0.15, -0.1) is 0 Å². The summed E-state index contributed by atoms with van der Waals surface area (Å²) in [6.07, 6.45) is 7.45. The molecule has 8 aliphatic rings. The maximum Gasteiger partial charge on any atom is 0.320 e. The van der Waals surface area contributed by atoms with Gasteiger partial charge in [0.25, 0.3) is 0 Å². The molecule has 0 saturated carbocycles. The number of nitrogens with one attached hydrogen (secondary N) is 4. The van der Waals surface area contributed by atoms with Crippen LogP contribution in [0.1, 0.15) is 210 Å². The zero-order chi connectivity index (χ0) is 76.8. The molecule has 6 N–H and O–H groups in total. The van der Waals surface area contributed by atoms with E-state index < -0.39 is 87.2 Å². The van der Waals surface area contributed by atoms with E-state index >= 15 is 0 Å². The van der Waals surface area contributed by atoms with Crippen LogP contribution in [0.15, 0.2) is 133 Å². The van der Waals surface area contributed by atoms with Crippen molar-refractivity contribution in [3.8, 4) is 0 Å². The molecule has 10 heterocycles. The van der Waals surface area contributed by atoms with Crippen molar-refractivity contribution >= 4 is 58.3 Å². The van der Waals surface area contributed by atoms with E-state index in [0.717, 1.165) is 11.1 Å². The number of carboxylic acids is 2. The molecule has 0 saturated heterocycles. The number of fused-ring (bicyclic) bond motifs is 12. The fourth-order valence-electron chi connectivity index (χ4n) is 17.3. The molecule has 1 radical (unpaired) electrons. The number of aromatic nitrogens is 2. The van der Waals surface area contributed by atoms with Gasteiger partial charge in [-0.25, -0.2) is 20.0 Å². The first-order valence-corrected chi connectivity index (χ1v) is 36.0. The first-order chi connectivity index (χ1) is 49.5. The van der Waals surface area contributed by atoms with Crippen LogP contribution >= 0.6 is 0 Å². The molecule has 8 aliphatic heterocycles. The summed E-state index contributed by atoms with van der Waals surface area (Å²) in [6.45, 7) is 28.7. The number of hydrogen-bond acceptors (Lipinski definition) is 20. The maximum atomic E-state index is 13.4. The summed E-state index contributed by atoms with van der Waals surface area (Å²) in [7, 11) is 0. The Morgan fingerprint density at radius 3 is 0.800 bits per heavy atom. The summed E-state index contributed by atoms with van der Waals surface area (Å²) in [5.41, 5.74) is 0.565. The van der Waals surface area contributed by atoms with Gasteiger partial charge in [-0.05, 0) is 193 Å². The number of aliphatic carboxylic acids is 2. The van der Waals surface area contributed by atoms with Crippen LogP contribution in [0, 0.1) is 71.5 Å². The molecule has 30 nitrogen and oxygen atoms in total. The Balaban J connectivity index is 0.000000263. The van der Waals surface area contributed by atoms with Crippen LogP contribution in [-0.4, -0.2) is 96.6 Å². The van der Waals surface area contributed by atoms with Crippen molar-refractivity contribution in [1.82, 2.24) is 20.6 Å². The predicted octanol–water partition coefficient (Wildman–Crippen LogP) is 11.1. The smallest absolute Gasteiger partial charge is 0.320 e. The van der Waals surface area contributed by atoms with Crippen molar-refractivity contribution in [2.75, 3.05) is 0 Å². The van der Waals surface area contributed by atoms with Crippen molar-refractivity contribution in [2.24, 2.45) is 30.8 Å². The summed E-state index contributed by atoms with van der Waals surface area (Å²) in [5, 5.41) is 109. The zero-order valence-corrected chi connectivity index (χ0v) is 63.3. The molecular weight excluding hydrogens is 1400 g/mol. The quantitative estimate of drug-likeness (QED) is 0.0323.